The summed E-state index contributed by atoms with van der Waals surface area (Å²) in [5.41, 5.74) is 0.707. The van der Waals surface area contributed by atoms with Crippen LogP contribution in [0.5, 0.6) is 17.2 Å². The largest absolute Gasteiger partial charge is 0.493 e. The highest BCUT2D eigenvalue weighted by molar-refractivity contribution is 7.95. The molecule has 2 aromatic heterocycles. The third kappa shape index (κ3) is 5.72. The zero-order valence-electron chi connectivity index (χ0n) is 19.9. The first-order valence-corrected chi connectivity index (χ1v) is 13.2. The molecule has 2 heterocycles. The van der Waals surface area contributed by atoms with Gasteiger partial charge in [0.2, 0.25) is 11.6 Å². The predicted molar refractivity (Wildman–Crippen MR) is 147 cm³/mol. The minimum atomic E-state index is -4.06. The van der Waals surface area contributed by atoms with Gasteiger partial charge in [0.1, 0.15) is 0 Å². The van der Waals surface area contributed by atoms with Crippen LogP contribution < -0.4 is 14.2 Å². The van der Waals surface area contributed by atoms with E-state index in [1.165, 1.54) is 25.6 Å². The Morgan fingerprint density at radius 3 is 2.32 bits per heavy atom. The normalized spacial score (nSPS) is 11.5. The highest BCUT2D eigenvalue weighted by Gasteiger charge is 2.22. The number of hydrogen-bond donors (Lipinski definition) is 1. The molecule has 3 aromatic carbocycles. The molecule has 9 nitrogen and oxygen atoms in total. The monoisotopic (exact) mass is 545 g/mol. The molecule has 0 saturated carbocycles. The third-order valence-electron chi connectivity index (χ3n) is 5.32. The fraction of sp³-hybridized carbons (Fsp3) is 0.0370. The van der Waals surface area contributed by atoms with Gasteiger partial charge in [0.25, 0.3) is 10.0 Å². The fourth-order valence-corrected chi connectivity index (χ4v) is 4.58. The topological polar surface area (TPSA) is 116 Å². The van der Waals surface area contributed by atoms with Gasteiger partial charge in [0.05, 0.1) is 12.5 Å². The Kier molecular flexibility index (Phi) is 7.16. The molecule has 1 N–H and O–H groups in total. The van der Waals surface area contributed by atoms with Gasteiger partial charge in [-0.3, -0.25) is 4.72 Å². The van der Waals surface area contributed by atoms with Crippen molar-refractivity contribution in [3.05, 3.63) is 101 Å². The molecule has 5 aromatic rings. The van der Waals surface area contributed by atoms with Crippen LogP contribution in [0.3, 0.4) is 0 Å². The Bertz CT molecular complexity index is 1750. The quantitative estimate of drug-likeness (QED) is 0.238. The summed E-state index contributed by atoms with van der Waals surface area (Å²) >= 11 is 6.46. The van der Waals surface area contributed by atoms with E-state index in [0.29, 0.717) is 11.3 Å². The maximum absolute atomic E-state index is 13.1. The van der Waals surface area contributed by atoms with Crippen molar-refractivity contribution in [2.45, 2.75) is 0 Å². The van der Waals surface area contributed by atoms with Crippen LogP contribution in [0.25, 0.3) is 28.5 Å². The number of fused-ring (bicyclic) bond motifs is 1. The van der Waals surface area contributed by atoms with Gasteiger partial charge >= 0.3 is 0 Å². The molecule has 0 atom stereocenters. The van der Waals surface area contributed by atoms with Gasteiger partial charge in [0, 0.05) is 12.4 Å². The smallest absolute Gasteiger partial charge is 0.256 e. The number of nitrogens with one attached hydrogen (secondary N) is 1. The Labute approximate surface area is 223 Å². The van der Waals surface area contributed by atoms with E-state index in [1.807, 2.05) is 42.5 Å². The van der Waals surface area contributed by atoms with Crippen LogP contribution >= 0.6 is 11.6 Å². The highest BCUT2D eigenvalue weighted by atomic mass is 35.5. The summed E-state index contributed by atoms with van der Waals surface area (Å²) in [7, 11) is -2.58. The first-order chi connectivity index (χ1) is 18.4. The van der Waals surface area contributed by atoms with Crippen molar-refractivity contribution in [2.24, 2.45) is 0 Å². The highest BCUT2D eigenvalue weighted by Crippen LogP contribution is 2.39. The van der Waals surface area contributed by atoms with E-state index in [2.05, 4.69) is 24.7 Å². The van der Waals surface area contributed by atoms with Gasteiger partial charge in [-0.05, 0) is 46.7 Å². The number of benzene rings is 3. The fourth-order valence-electron chi connectivity index (χ4n) is 3.56. The number of nitrogens with zero attached hydrogens (tertiary/aromatic N) is 4. The molecule has 0 spiro atoms. The lowest BCUT2D eigenvalue weighted by Crippen LogP contribution is -2.13. The van der Waals surface area contributed by atoms with E-state index in [4.69, 9.17) is 21.1 Å². The van der Waals surface area contributed by atoms with Crippen molar-refractivity contribution in [3.8, 4) is 28.9 Å². The van der Waals surface area contributed by atoms with Crippen molar-refractivity contribution < 1.29 is 17.9 Å². The molecule has 0 unspecified atom stereocenters. The number of methoxy groups -OCH3 is 1. The van der Waals surface area contributed by atoms with E-state index < -0.39 is 10.0 Å². The van der Waals surface area contributed by atoms with Gasteiger partial charge in [-0.1, -0.05) is 60.1 Å². The molecule has 38 heavy (non-hydrogen) atoms. The van der Waals surface area contributed by atoms with Gasteiger partial charge in [-0.25, -0.2) is 28.4 Å². The van der Waals surface area contributed by atoms with E-state index in [1.54, 1.807) is 30.3 Å². The van der Waals surface area contributed by atoms with Crippen LogP contribution in [0, 0.1) is 0 Å². The molecule has 0 bridgehead atoms. The maximum Gasteiger partial charge on any atom is 0.256 e. The lowest BCUT2D eigenvalue weighted by Gasteiger charge is -2.15. The predicted octanol–water partition coefficient (Wildman–Crippen LogP) is 5.95. The zero-order chi connectivity index (χ0) is 26.5. The number of anilines is 1. The Hall–Kier alpha value is -4.54. The molecule has 0 amide bonds. The van der Waals surface area contributed by atoms with E-state index >= 15 is 0 Å². The summed E-state index contributed by atoms with van der Waals surface area (Å²) in [5.74, 6) is 0.560. The van der Waals surface area contributed by atoms with Crippen LogP contribution in [-0.4, -0.2) is 35.5 Å². The lowest BCUT2D eigenvalue weighted by molar-refractivity contribution is 0.378. The summed E-state index contributed by atoms with van der Waals surface area (Å²) in [5, 5.41) is 2.93. The van der Waals surface area contributed by atoms with Gasteiger partial charge in [-0.2, -0.15) is 0 Å². The Morgan fingerprint density at radius 2 is 1.55 bits per heavy atom. The molecular weight excluding hydrogens is 526 g/mol. The summed E-state index contributed by atoms with van der Waals surface area (Å²) < 4.78 is 39.9. The van der Waals surface area contributed by atoms with Gasteiger partial charge < -0.3 is 9.47 Å². The molecule has 11 heteroatoms. The summed E-state index contributed by atoms with van der Waals surface area (Å²) in [6, 6.07) is 21.9. The van der Waals surface area contributed by atoms with Crippen LogP contribution in [0.4, 0.5) is 5.82 Å². The SMILES string of the molecule is COc1ccccc1Oc1c(Cl)nc(-c2ncccn2)nc1NS(=O)(=O)C=Cc1ccc2ccccc2c1. The molecule has 0 aliphatic carbocycles. The van der Waals surface area contributed by atoms with Crippen LogP contribution in [-0.2, 0) is 10.0 Å². The zero-order valence-corrected chi connectivity index (χ0v) is 21.5. The molecule has 0 fully saturated rings. The summed E-state index contributed by atoms with van der Waals surface area (Å²) in [6.45, 7) is 0. The number of halogens is 1. The van der Waals surface area contributed by atoms with Crippen LogP contribution in [0.1, 0.15) is 5.56 Å². The Balaban J connectivity index is 1.52. The van der Waals surface area contributed by atoms with Crippen LogP contribution in [0.15, 0.2) is 90.6 Å². The molecule has 5 rings (SSSR count). The molecule has 0 saturated heterocycles. The standard InChI is InChI=1S/C27H20ClN5O4S/c1-36-21-9-4-5-10-22(21)37-23-24(28)31-27(26-29-14-6-15-30-26)32-25(23)33-38(34,35)16-13-18-11-12-19-7-2-3-8-20(19)17-18/h2-17H,1H3,(H,31,32,33). The second kappa shape index (κ2) is 10.8. The number of aromatic nitrogens is 4. The van der Waals surface area contributed by atoms with Crippen molar-refractivity contribution in [2.75, 3.05) is 11.8 Å². The third-order valence-corrected chi connectivity index (χ3v) is 6.55. The van der Waals surface area contributed by atoms with E-state index in [0.717, 1.165) is 16.2 Å². The number of sulfonamides is 1. The van der Waals surface area contributed by atoms with Gasteiger partial charge in [-0.15, -0.1) is 0 Å². The Morgan fingerprint density at radius 1 is 0.842 bits per heavy atom. The number of hydrogen-bond acceptors (Lipinski definition) is 8. The molecule has 0 aliphatic heterocycles. The minimum absolute atomic E-state index is 0.0131. The van der Waals surface area contributed by atoms with Crippen molar-refractivity contribution in [3.63, 3.8) is 0 Å². The lowest BCUT2D eigenvalue weighted by atomic mass is 10.1. The van der Waals surface area contributed by atoms with Gasteiger partial charge in [0.15, 0.2) is 28.3 Å². The minimum Gasteiger partial charge on any atom is -0.493 e. The average molecular weight is 546 g/mol. The second-order valence-electron chi connectivity index (χ2n) is 7.90. The summed E-state index contributed by atoms with van der Waals surface area (Å²) in [4.78, 5) is 16.8. The van der Waals surface area contributed by atoms with Crippen molar-refractivity contribution >= 4 is 44.3 Å². The van der Waals surface area contributed by atoms with Crippen LogP contribution in [0.2, 0.25) is 5.15 Å². The number of ether oxygens (including phenoxy) is 2. The molecule has 0 aliphatic rings. The number of rotatable bonds is 8. The molecular formula is C27H20ClN5O4S. The average Bonchev–Trinajstić information content (AvgIpc) is 2.94. The first kappa shape index (κ1) is 25.1. The molecule has 190 valence electrons. The summed E-state index contributed by atoms with van der Waals surface area (Å²) in [6.07, 6.45) is 4.50. The van der Waals surface area contributed by atoms with Crippen molar-refractivity contribution in [1.82, 2.24) is 19.9 Å². The number of para-hydroxylation sites is 2. The first-order valence-electron chi connectivity index (χ1n) is 11.3. The second-order valence-corrected chi connectivity index (χ2v) is 9.82. The van der Waals surface area contributed by atoms with E-state index in [9.17, 15) is 8.42 Å². The molecule has 0 radical (unpaired) electrons. The van der Waals surface area contributed by atoms with Crippen molar-refractivity contribution in [1.29, 1.82) is 0 Å². The van der Waals surface area contributed by atoms with E-state index in [-0.39, 0.29) is 34.1 Å². The maximum atomic E-state index is 13.1.